The van der Waals surface area contributed by atoms with Gasteiger partial charge in [0.15, 0.2) is 0 Å². The van der Waals surface area contributed by atoms with Crippen LogP contribution in [0.5, 0.6) is 0 Å². The van der Waals surface area contributed by atoms with E-state index >= 15 is 0 Å². The van der Waals surface area contributed by atoms with Gasteiger partial charge in [-0.15, -0.1) is 0 Å². The van der Waals surface area contributed by atoms with Crippen molar-refractivity contribution in [3.05, 3.63) is 158 Å². The van der Waals surface area contributed by atoms with Gasteiger partial charge >= 0.3 is 0 Å². The van der Waals surface area contributed by atoms with Crippen LogP contribution in [0.1, 0.15) is 0 Å². The lowest BCUT2D eigenvalue weighted by Crippen LogP contribution is -1.95. The summed E-state index contributed by atoms with van der Waals surface area (Å²) < 4.78 is 4.86. The molecule has 0 aliphatic heterocycles. The molecule has 0 aliphatic rings. The zero-order valence-electron chi connectivity index (χ0n) is 22.9. The fourth-order valence-electron chi connectivity index (χ4n) is 6.75. The van der Waals surface area contributed by atoms with Gasteiger partial charge in [-0.25, -0.2) is 0 Å². The number of fused-ring (bicyclic) bond motifs is 7. The Morgan fingerprint density at radius 3 is 1.60 bits per heavy atom. The summed E-state index contributed by atoms with van der Waals surface area (Å²) in [6.07, 6.45) is 0. The maximum atomic E-state index is 2.46. The summed E-state index contributed by atoms with van der Waals surface area (Å²) in [5.41, 5.74) is 9.65. The van der Waals surface area contributed by atoms with Crippen molar-refractivity contribution < 1.29 is 0 Å². The molecule has 0 radical (unpaired) electrons. The van der Waals surface area contributed by atoms with Gasteiger partial charge in [0.25, 0.3) is 0 Å². The first kappa shape index (κ1) is 23.1. The highest BCUT2D eigenvalue weighted by Gasteiger charge is 2.19. The Morgan fingerprint density at radius 1 is 0.286 bits per heavy atom. The highest BCUT2D eigenvalue weighted by molar-refractivity contribution is 6.20. The molecule has 0 aliphatic carbocycles. The Kier molecular flexibility index (Phi) is 4.93. The highest BCUT2D eigenvalue weighted by Crippen LogP contribution is 2.41. The Bertz CT molecular complexity index is 2440. The average molecular weight is 535 g/mol. The van der Waals surface area contributed by atoms with E-state index in [-0.39, 0.29) is 0 Å². The van der Waals surface area contributed by atoms with Crippen LogP contribution >= 0.6 is 0 Å². The molecular formula is C40H26N2. The lowest BCUT2D eigenvalue weighted by atomic mass is 10.0. The molecule has 2 heteroatoms. The first-order valence-corrected chi connectivity index (χ1v) is 14.4. The summed E-state index contributed by atoms with van der Waals surface area (Å²) in [5.74, 6) is 0. The second kappa shape index (κ2) is 8.95. The molecule has 0 unspecified atom stereocenters. The predicted molar refractivity (Wildman–Crippen MR) is 178 cm³/mol. The monoisotopic (exact) mass is 534 g/mol. The van der Waals surface area contributed by atoms with E-state index in [1.165, 1.54) is 71.2 Å². The molecule has 0 saturated carbocycles. The number of benzene rings is 7. The first-order chi connectivity index (χ1) is 20.8. The van der Waals surface area contributed by atoms with Crippen molar-refractivity contribution in [3.63, 3.8) is 0 Å². The number of hydrogen-bond acceptors (Lipinski definition) is 0. The van der Waals surface area contributed by atoms with Crippen LogP contribution in [0.3, 0.4) is 0 Å². The van der Waals surface area contributed by atoms with Crippen LogP contribution < -0.4 is 0 Å². The Hall–Kier alpha value is -5.60. The van der Waals surface area contributed by atoms with Gasteiger partial charge in [-0.2, -0.15) is 0 Å². The average Bonchev–Trinajstić information content (AvgIpc) is 3.55. The number of para-hydroxylation sites is 2. The Labute approximate surface area is 243 Å². The largest absolute Gasteiger partial charge is 0.309 e. The summed E-state index contributed by atoms with van der Waals surface area (Å²) in [4.78, 5) is 0. The van der Waals surface area contributed by atoms with Crippen LogP contribution in [0, 0.1) is 0 Å². The van der Waals surface area contributed by atoms with Crippen molar-refractivity contribution in [3.8, 4) is 22.5 Å². The van der Waals surface area contributed by atoms with Gasteiger partial charge in [-0.1, -0.05) is 103 Å². The Morgan fingerprint density at radius 2 is 0.810 bits per heavy atom. The van der Waals surface area contributed by atoms with Gasteiger partial charge in [0.1, 0.15) is 0 Å². The summed E-state index contributed by atoms with van der Waals surface area (Å²) in [6.45, 7) is 0. The molecule has 0 bridgehead atoms. The zero-order valence-corrected chi connectivity index (χ0v) is 22.9. The van der Waals surface area contributed by atoms with Crippen LogP contribution in [-0.4, -0.2) is 9.13 Å². The van der Waals surface area contributed by atoms with E-state index < -0.39 is 0 Å². The molecule has 42 heavy (non-hydrogen) atoms. The van der Waals surface area contributed by atoms with Crippen LogP contribution in [0.2, 0.25) is 0 Å². The van der Waals surface area contributed by atoms with Gasteiger partial charge in [0, 0.05) is 32.9 Å². The minimum Gasteiger partial charge on any atom is -0.309 e. The zero-order chi connectivity index (χ0) is 27.6. The van der Waals surface area contributed by atoms with E-state index in [2.05, 4.69) is 167 Å². The summed E-state index contributed by atoms with van der Waals surface area (Å²) >= 11 is 0. The van der Waals surface area contributed by atoms with Crippen molar-refractivity contribution >= 4 is 54.4 Å². The second-order valence-electron chi connectivity index (χ2n) is 11.0. The minimum absolute atomic E-state index is 1.16. The molecule has 0 spiro atoms. The van der Waals surface area contributed by atoms with Crippen molar-refractivity contribution in [1.29, 1.82) is 0 Å². The van der Waals surface area contributed by atoms with E-state index in [4.69, 9.17) is 0 Å². The third kappa shape index (κ3) is 3.39. The molecule has 2 aromatic heterocycles. The van der Waals surface area contributed by atoms with E-state index in [0.29, 0.717) is 0 Å². The molecule has 196 valence electrons. The van der Waals surface area contributed by atoms with Crippen LogP contribution in [0.25, 0.3) is 76.9 Å². The molecule has 2 nitrogen and oxygen atoms in total. The second-order valence-corrected chi connectivity index (χ2v) is 11.0. The molecule has 7 aromatic carbocycles. The maximum Gasteiger partial charge on any atom is 0.0548 e. The molecular weight excluding hydrogens is 508 g/mol. The van der Waals surface area contributed by atoms with Crippen molar-refractivity contribution in [2.24, 2.45) is 0 Å². The summed E-state index contributed by atoms with van der Waals surface area (Å²) in [7, 11) is 0. The van der Waals surface area contributed by atoms with Gasteiger partial charge in [0.05, 0.1) is 22.1 Å². The van der Waals surface area contributed by atoms with Gasteiger partial charge in [-0.3, -0.25) is 0 Å². The lowest BCUT2D eigenvalue weighted by molar-refractivity contribution is 1.18. The smallest absolute Gasteiger partial charge is 0.0548 e. The Balaban J connectivity index is 1.44. The summed E-state index contributed by atoms with van der Waals surface area (Å²) in [5, 5.41) is 7.55. The predicted octanol–water partition coefficient (Wildman–Crippen LogP) is 10.7. The van der Waals surface area contributed by atoms with Crippen LogP contribution in [0.4, 0.5) is 0 Å². The number of rotatable bonds is 3. The molecule has 0 N–H and O–H groups in total. The first-order valence-electron chi connectivity index (χ1n) is 14.4. The van der Waals surface area contributed by atoms with Gasteiger partial charge in [0.2, 0.25) is 0 Å². The third-order valence-electron chi connectivity index (χ3n) is 8.65. The van der Waals surface area contributed by atoms with Crippen LogP contribution in [0.15, 0.2) is 158 Å². The maximum absolute atomic E-state index is 2.46. The van der Waals surface area contributed by atoms with Gasteiger partial charge in [-0.05, 0) is 76.5 Å². The molecule has 9 rings (SSSR count). The lowest BCUT2D eigenvalue weighted by Gasteiger charge is -2.11. The fraction of sp³-hybridized carbons (Fsp3) is 0. The standard InChI is InChI=1S/C40H26N2/c1-3-12-27(13-4-1)28-16-11-19-32(22-28)42-38-24-30-15-8-7-14-29(30)23-34(38)36-26-39-35(25-40(36)42)33-20-9-10-21-37(33)41(39)31-17-5-2-6-18-31/h1-26H. The quantitative estimate of drug-likeness (QED) is 0.213. The normalized spacial score (nSPS) is 11.8. The van der Waals surface area contributed by atoms with E-state index in [1.807, 2.05) is 0 Å². The van der Waals surface area contributed by atoms with Crippen molar-refractivity contribution in [1.82, 2.24) is 9.13 Å². The van der Waals surface area contributed by atoms with E-state index in [1.54, 1.807) is 0 Å². The molecule has 0 atom stereocenters. The number of nitrogens with zero attached hydrogens (tertiary/aromatic N) is 2. The topological polar surface area (TPSA) is 9.86 Å². The molecule has 0 saturated heterocycles. The van der Waals surface area contributed by atoms with Crippen molar-refractivity contribution in [2.45, 2.75) is 0 Å². The minimum atomic E-state index is 1.16. The molecule has 0 amide bonds. The fourth-order valence-corrected chi connectivity index (χ4v) is 6.75. The molecule has 0 fully saturated rings. The number of hydrogen-bond donors (Lipinski definition) is 0. The third-order valence-corrected chi connectivity index (χ3v) is 8.65. The molecule has 2 heterocycles. The van der Waals surface area contributed by atoms with E-state index in [9.17, 15) is 0 Å². The highest BCUT2D eigenvalue weighted by atomic mass is 15.0. The summed E-state index contributed by atoms with van der Waals surface area (Å²) in [6, 6.07) is 57.3. The van der Waals surface area contributed by atoms with Gasteiger partial charge < -0.3 is 9.13 Å². The van der Waals surface area contributed by atoms with E-state index in [0.717, 1.165) is 5.69 Å². The SMILES string of the molecule is c1ccc(-c2cccc(-n3c4cc5ccccc5cc4c4cc5c(cc43)c3ccccc3n5-c3ccccc3)c2)cc1. The van der Waals surface area contributed by atoms with Crippen molar-refractivity contribution in [2.75, 3.05) is 0 Å². The molecule has 9 aromatic rings. The number of aromatic nitrogens is 2. The van der Waals surface area contributed by atoms with Crippen LogP contribution in [-0.2, 0) is 0 Å².